The molecule has 3 N–H and O–H groups in total. The smallest absolute Gasteiger partial charge is 0.387 e. The first kappa shape index (κ1) is 21.0. The Bertz CT molecular complexity index is 872. The van der Waals surface area contributed by atoms with Crippen LogP contribution >= 0.6 is 11.3 Å². The van der Waals surface area contributed by atoms with Crippen LogP contribution in [-0.2, 0) is 11.2 Å². The van der Waals surface area contributed by atoms with E-state index in [4.69, 9.17) is 0 Å². The highest BCUT2D eigenvalue weighted by atomic mass is 32.1. The normalized spacial score (nSPS) is 12.0. The second kappa shape index (κ2) is 10.7. The minimum absolute atomic E-state index is 0.0415. The lowest BCUT2D eigenvalue weighted by Gasteiger charge is -2.14. The maximum absolute atomic E-state index is 12.3. The van der Waals surface area contributed by atoms with Gasteiger partial charge in [0.25, 0.3) is 5.91 Å². The number of rotatable bonds is 10. The second-order valence-corrected chi connectivity index (χ2v) is 7.45. The van der Waals surface area contributed by atoms with Crippen LogP contribution < -0.4 is 15.4 Å². The average Bonchev–Trinajstić information content (AvgIpc) is 3.24. The van der Waals surface area contributed by atoms with Crippen molar-refractivity contribution < 1.29 is 23.6 Å². The van der Waals surface area contributed by atoms with E-state index >= 15 is 0 Å². The minimum Gasteiger partial charge on any atom is -0.435 e. The molecule has 3 aromatic rings. The van der Waals surface area contributed by atoms with Gasteiger partial charge in [-0.2, -0.15) is 8.78 Å². The number of hydrogen-bond acceptors (Lipinski definition) is 3. The lowest BCUT2D eigenvalue weighted by Crippen LogP contribution is -2.87. The van der Waals surface area contributed by atoms with E-state index in [1.54, 1.807) is 23.5 Å². The fourth-order valence-electron chi connectivity index (χ4n) is 3.03. The van der Waals surface area contributed by atoms with Crippen molar-refractivity contribution in [2.24, 2.45) is 0 Å². The van der Waals surface area contributed by atoms with E-state index in [2.05, 4.69) is 28.3 Å². The molecule has 0 spiro atoms. The van der Waals surface area contributed by atoms with Crippen molar-refractivity contribution in [2.75, 3.05) is 13.1 Å². The van der Waals surface area contributed by atoms with Crippen LogP contribution in [0.2, 0.25) is 0 Å². The summed E-state index contributed by atoms with van der Waals surface area (Å²) >= 11 is 1.68. The summed E-state index contributed by atoms with van der Waals surface area (Å²) in [6.07, 6.45) is 0.619. The number of quaternary nitrogens is 1. The second-order valence-electron chi connectivity index (χ2n) is 6.47. The molecule has 1 aromatic heterocycles. The number of carbonyl (C=O) groups is 1. The SMILES string of the molecule is O=C(C[NH2+][C@@H](c1ccccc1)c1cccs1)NCCc1ccc(OC(F)F)cc1. The molecule has 29 heavy (non-hydrogen) atoms. The number of nitrogens with one attached hydrogen (secondary N) is 1. The lowest BCUT2D eigenvalue weighted by molar-refractivity contribution is -0.676. The first-order chi connectivity index (χ1) is 14.1. The van der Waals surface area contributed by atoms with Crippen LogP contribution in [0.3, 0.4) is 0 Å². The fraction of sp³-hybridized carbons (Fsp3) is 0.227. The van der Waals surface area contributed by atoms with Crippen molar-refractivity contribution in [1.29, 1.82) is 0 Å². The molecule has 0 aliphatic carbocycles. The number of alkyl halides is 2. The molecule has 1 heterocycles. The van der Waals surface area contributed by atoms with Crippen LogP contribution in [-0.4, -0.2) is 25.6 Å². The number of amides is 1. The lowest BCUT2D eigenvalue weighted by atomic mass is 10.1. The van der Waals surface area contributed by atoms with Crippen molar-refractivity contribution in [3.8, 4) is 5.75 Å². The van der Waals surface area contributed by atoms with Crippen molar-refractivity contribution in [3.05, 3.63) is 88.1 Å². The number of nitrogens with two attached hydrogens (primary N) is 1. The summed E-state index contributed by atoms with van der Waals surface area (Å²) in [6, 6.07) is 20.8. The number of halogens is 2. The molecule has 0 saturated carbocycles. The summed E-state index contributed by atoms with van der Waals surface area (Å²) in [7, 11) is 0. The van der Waals surface area contributed by atoms with Crippen molar-refractivity contribution >= 4 is 17.2 Å². The third-order valence-electron chi connectivity index (χ3n) is 4.43. The first-order valence-electron chi connectivity index (χ1n) is 9.34. The highest BCUT2D eigenvalue weighted by molar-refractivity contribution is 7.10. The summed E-state index contributed by atoms with van der Waals surface area (Å²) in [5.41, 5.74) is 2.10. The van der Waals surface area contributed by atoms with Crippen LogP contribution in [0.5, 0.6) is 5.75 Å². The summed E-state index contributed by atoms with van der Waals surface area (Å²) in [5, 5.41) is 6.99. The van der Waals surface area contributed by atoms with Gasteiger partial charge in [-0.1, -0.05) is 48.5 Å². The van der Waals surface area contributed by atoms with Gasteiger partial charge in [0.15, 0.2) is 6.54 Å². The minimum atomic E-state index is -2.83. The van der Waals surface area contributed by atoms with E-state index < -0.39 is 6.61 Å². The van der Waals surface area contributed by atoms with Gasteiger partial charge < -0.3 is 15.4 Å². The summed E-state index contributed by atoms with van der Waals surface area (Å²) < 4.78 is 28.7. The molecule has 0 radical (unpaired) electrons. The molecule has 0 unspecified atom stereocenters. The third-order valence-corrected chi connectivity index (χ3v) is 5.39. The fourth-order valence-corrected chi connectivity index (χ4v) is 3.88. The molecule has 0 aliphatic heterocycles. The number of carbonyl (C=O) groups excluding carboxylic acids is 1. The van der Waals surface area contributed by atoms with Crippen LogP contribution in [0.25, 0.3) is 0 Å². The van der Waals surface area contributed by atoms with Gasteiger partial charge in [0.2, 0.25) is 0 Å². The average molecular weight is 418 g/mol. The van der Waals surface area contributed by atoms with Crippen LogP contribution in [0.15, 0.2) is 72.1 Å². The molecule has 152 valence electrons. The predicted molar refractivity (Wildman–Crippen MR) is 109 cm³/mol. The van der Waals surface area contributed by atoms with Gasteiger partial charge in [0.1, 0.15) is 11.8 Å². The van der Waals surface area contributed by atoms with Gasteiger partial charge >= 0.3 is 6.61 Å². The molecule has 1 atom stereocenters. The molecule has 0 aliphatic rings. The molecular formula is C22H23F2N2O2S+. The van der Waals surface area contributed by atoms with E-state index in [1.807, 2.05) is 35.0 Å². The van der Waals surface area contributed by atoms with E-state index in [1.165, 1.54) is 17.0 Å². The van der Waals surface area contributed by atoms with Gasteiger partial charge in [-0.05, 0) is 35.6 Å². The van der Waals surface area contributed by atoms with Gasteiger partial charge in [0.05, 0.1) is 4.88 Å². The van der Waals surface area contributed by atoms with Crippen molar-refractivity contribution in [1.82, 2.24) is 5.32 Å². The Kier molecular flexibility index (Phi) is 7.72. The molecule has 1 amide bonds. The quantitative estimate of drug-likeness (QED) is 0.532. The van der Waals surface area contributed by atoms with Gasteiger partial charge in [-0.3, -0.25) is 4.79 Å². The Balaban J connectivity index is 1.46. The zero-order valence-corrected chi connectivity index (χ0v) is 16.6. The topological polar surface area (TPSA) is 54.9 Å². The van der Waals surface area contributed by atoms with Gasteiger partial charge in [-0.25, -0.2) is 0 Å². The molecule has 2 aromatic carbocycles. The Morgan fingerprint density at radius 1 is 1.03 bits per heavy atom. The van der Waals surface area contributed by atoms with Gasteiger partial charge in [-0.15, -0.1) is 11.3 Å². The molecule has 3 rings (SSSR count). The summed E-state index contributed by atoms with van der Waals surface area (Å²) in [5.74, 6) is 0.0862. The van der Waals surface area contributed by atoms with Crippen molar-refractivity contribution in [2.45, 2.75) is 19.1 Å². The number of ether oxygens (including phenoxy) is 1. The molecule has 0 fully saturated rings. The number of benzene rings is 2. The zero-order chi connectivity index (χ0) is 20.5. The molecule has 4 nitrogen and oxygen atoms in total. The van der Waals surface area contributed by atoms with E-state index in [0.717, 1.165) is 11.1 Å². The molecule has 0 bridgehead atoms. The maximum Gasteiger partial charge on any atom is 0.387 e. The molecule has 7 heteroatoms. The summed E-state index contributed by atoms with van der Waals surface area (Å²) in [6.45, 7) is -2.03. The van der Waals surface area contributed by atoms with E-state index in [9.17, 15) is 13.6 Å². The predicted octanol–water partition coefficient (Wildman–Crippen LogP) is 3.36. The highest BCUT2D eigenvalue weighted by Crippen LogP contribution is 2.22. The van der Waals surface area contributed by atoms with Crippen molar-refractivity contribution in [3.63, 3.8) is 0 Å². The van der Waals surface area contributed by atoms with E-state index in [-0.39, 0.29) is 17.7 Å². The molecule has 0 saturated heterocycles. The largest absolute Gasteiger partial charge is 0.435 e. The third kappa shape index (κ3) is 6.66. The Morgan fingerprint density at radius 3 is 2.45 bits per heavy atom. The Hall–Kier alpha value is -2.77. The first-order valence-corrected chi connectivity index (χ1v) is 10.2. The highest BCUT2D eigenvalue weighted by Gasteiger charge is 2.19. The number of hydrogen-bond donors (Lipinski definition) is 2. The van der Waals surface area contributed by atoms with Crippen LogP contribution in [0.1, 0.15) is 22.0 Å². The Labute approximate surface area is 172 Å². The number of thiophene rings is 1. The van der Waals surface area contributed by atoms with Crippen LogP contribution in [0, 0.1) is 0 Å². The molecular weight excluding hydrogens is 394 g/mol. The van der Waals surface area contributed by atoms with Crippen LogP contribution in [0.4, 0.5) is 8.78 Å². The van der Waals surface area contributed by atoms with E-state index in [0.29, 0.717) is 19.5 Å². The maximum atomic E-state index is 12.3. The monoisotopic (exact) mass is 417 g/mol. The van der Waals surface area contributed by atoms with Gasteiger partial charge in [0, 0.05) is 12.1 Å². The zero-order valence-electron chi connectivity index (χ0n) is 15.8. The summed E-state index contributed by atoms with van der Waals surface area (Å²) in [4.78, 5) is 13.5. The Morgan fingerprint density at radius 2 is 1.79 bits per heavy atom. The standard InChI is InChI=1S/C22H22F2N2O2S/c23-22(24)28-18-10-8-16(9-11-18)12-13-25-20(27)15-26-21(19-7-4-14-29-19)17-5-2-1-3-6-17/h1-11,14,21-22,26H,12-13,15H2,(H,25,27)/p+1/t21-/m0/s1.